The highest BCUT2D eigenvalue weighted by molar-refractivity contribution is 9.10. The molecule has 1 aliphatic rings. The van der Waals surface area contributed by atoms with E-state index in [-0.39, 0.29) is 0 Å². The van der Waals surface area contributed by atoms with E-state index in [0.29, 0.717) is 0 Å². The molecular weight excluding hydrogens is 316 g/mol. The SMILES string of the molecule is COc1ccc(Br)cc1CN(C)CC1CCN(C)CC1. The van der Waals surface area contributed by atoms with Gasteiger partial charge in [-0.1, -0.05) is 15.9 Å². The molecular formula is C16H25BrN2O. The van der Waals surface area contributed by atoms with E-state index in [2.05, 4.69) is 45.9 Å². The number of benzene rings is 1. The van der Waals surface area contributed by atoms with E-state index < -0.39 is 0 Å². The standard InChI is InChI=1S/C16H25BrN2O/c1-18-8-6-13(7-9-18)11-19(2)12-14-10-15(17)4-5-16(14)20-3/h4-5,10,13H,6-9,11-12H2,1-3H3. The molecule has 1 saturated heterocycles. The number of likely N-dealkylation sites (tertiary alicyclic amines) is 1. The zero-order chi connectivity index (χ0) is 14.5. The van der Waals surface area contributed by atoms with E-state index in [1.54, 1.807) is 7.11 Å². The van der Waals surface area contributed by atoms with Crippen molar-refractivity contribution in [3.05, 3.63) is 28.2 Å². The van der Waals surface area contributed by atoms with Crippen molar-refractivity contribution in [1.82, 2.24) is 9.80 Å². The third-order valence-electron chi connectivity index (χ3n) is 4.09. The Balaban J connectivity index is 1.91. The Labute approximate surface area is 131 Å². The van der Waals surface area contributed by atoms with Crippen molar-refractivity contribution in [2.45, 2.75) is 19.4 Å². The second-order valence-corrected chi connectivity index (χ2v) is 6.82. The second kappa shape index (κ2) is 7.43. The first kappa shape index (κ1) is 15.8. The highest BCUT2D eigenvalue weighted by Gasteiger charge is 2.18. The average Bonchev–Trinajstić information content (AvgIpc) is 2.41. The lowest BCUT2D eigenvalue weighted by Gasteiger charge is -2.31. The minimum absolute atomic E-state index is 0.828. The predicted molar refractivity (Wildman–Crippen MR) is 87.2 cm³/mol. The van der Waals surface area contributed by atoms with Crippen LogP contribution in [0.1, 0.15) is 18.4 Å². The lowest BCUT2D eigenvalue weighted by molar-refractivity contribution is 0.172. The van der Waals surface area contributed by atoms with Crippen LogP contribution in [0.4, 0.5) is 0 Å². The summed E-state index contributed by atoms with van der Waals surface area (Å²) in [7, 11) is 6.16. The fourth-order valence-electron chi connectivity index (χ4n) is 2.91. The summed E-state index contributed by atoms with van der Waals surface area (Å²) in [6.45, 7) is 4.58. The fourth-order valence-corrected chi connectivity index (χ4v) is 3.32. The van der Waals surface area contributed by atoms with Crippen molar-refractivity contribution in [3.8, 4) is 5.75 Å². The number of methoxy groups -OCH3 is 1. The zero-order valence-corrected chi connectivity index (χ0v) is 14.3. The number of hydrogen-bond acceptors (Lipinski definition) is 3. The van der Waals surface area contributed by atoms with Gasteiger partial charge in [0, 0.05) is 23.1 Å². The topological polar surface area (TPSA) is 15.7 Å². The summed E-state index contributed by atoms with van der Waals surface area (Å²) in [6, 6.07) is 6.21. The van der Waals surface area contributed by atoms with Crippen LogP contribution in [0.25, 0.3) is 0 Å². The average molecular weight is 341 g/mol. The smallest absolute Gasteiger partial charge is 0.123 e. The number of piperidine rings is 1. The van der Waals surface area contributed by atoms with Gasteiger partial charge in [0.25, 0.3) is 0 Å². The summed E-state index contributed by atoms with van der Waals surface area (Å²) in [5, 5.41) is 0. The van der Waals surface area contributed by atoms with Crippen molar-refractivity contribution in [3.63, 3.8) is 0 Å². The van der Waals surface area contributed by atoms with Crippen LogP contribution in [0.15, 0.2) is 22.7 Å². The molecule has 1 aromatic carbocycles. The summed E-state index contributed by atoms with van der Waals surface area (Å²) >= 11 is 3.54. The zero-order valence-electron chi connectivity index (χ0n) is 12.7. The largest absolute Gasteiger partial charge is 0.496 e. The molecule has 1 fully saturated rings. The van der Waals surface area contributed by atoms with Gasteiger partial charge >= 0.3 is 0 Å². The predicted octanol–water partition coefficient (Wildman–Crippen LogP) is 3.23. The molecule has 0 bridgehead atoms. The van der Waals surface area contributed by atoms with Gasteiger partial charge in [-0.25, -0.2) is 0 Å². The summed E-state index contributed by atoms with van der Waals surface area (Å²) < 4.78 is 6.56. The highest BCUT2D eigenvalue weighted by Crippen LogP contribution is 2.25. The third kappa shape index (κ3) is 4.47. The molecule has 0 saturated carbocycles. The van der Waals surface area contributed by atoms with Crippen LogP contribution in [0.5, 0.6) is 5.75 Å². The van der Waals surface area contributed by atoms with Crippen molar-refractivity contribution in [2.24, 2.45) is 5.92 Å². The Bertz CT molecular complexity index is 430. The molecule has 0 radical (unpaired) electrons. The molecule has 0 amide bonds. The van der Waals surface area contributed by atoms with Gasteiger partial charge in [-0.05, 0) is 64.1 Å². The Morgan fingerprint density at radius 3 is 2.70 bits per heavy atom. The Morgan fingerprint density at radius 2 is 2.05 bits per heavy atom. The van der Waals surface area contributed by atoms with Crippen molar-refractivity contribution >= 4 is 15.9 Å². The van der Waals surface area contributed by atoms with Crippen molar-refractivity contribution < 1.29 is 4.74 Å². The summed E-state index contributed by atoms with van der Waals surface area (Å²) in [6.07, 6.45) is 2.63. The number of ether oxygens (including phenoxy) is 1. The van der Waals surface area contributed by atoms with Gasteiger partial charge in [-0.15, -0.1) is 0 Å². The van der Waals surface area contributed by atoms with E-state index >= 15 is 0 Å². The summed E-state index contributed by atoms with van der Waals surface area (Å²) in [5.74, 6) is 1.80. The molecule has 1 aliphatic heterocycles. The number of rotatable bonds is 5. The van der Waals surface area contributed by atoms with Gasteiger partial charge in [0.1, 0.15) is 5.75 Å². The molecule has 0 aliphatic carbocycles. The minimum Gasteiger partial charge on any atom is -0.496 e. The molecule has 3 nitrogen and oxygen atoms in total. The van der Waals surface area contributed by atoms with Crippen LogP contribution < -0.4 is 4.74 Å². The van der Waals surface area contributed by atoms with Gasteiger partial charge in [0.05, 0.1) is 7.11 Å². The van der Waals surface area contributed by atoms with Crippen LogP contribution in [-0.4, -0.2) is 50.6 Å². The molecule has 1 heterocycles. The highest BCUT2D eigenvalue weighted by atomic mass is 79.9. The van der Waals surface area contributed by atoms with E-state index in [1.165, 1.54) is 38.0 Å². The molecule has 4 heteroatoms. The number of hydrogen-bond donors (Lipinski definition) is 0. The molecule has 0 N–H and O–H groups in total. The first-order chi connectivity index (χ1) is 9.58. The van der Waals surface area contributed by atoms with Gasteiger partial charge in [-0.3, -0.25) is 0 Å². The lowest BCUT2D eigenvalue weighted by Crippen LogP contribution is -2.35. The maximum absolute atomic E-state index is 5.45. The molecule has 0 atom stereocenters. The monoisotopic (exact) mass is 340 g/mol. The number of nitrogens with zero attached hydrogens (tertiary/aromatic N) is 2. The van der Waals surface area contributed by atoms with E-state index in [0.717, 1.165) is 22.7 Å². The normalized spacial score (nSPS) is 17.6. The summed E-state index contributed by atoms with van der Waals surface area (Å²) in [4.78, 5) is 4.84. The van der Waals surface area contributed by atoms with Crippen LogP contribution in [0.2, 0.25) is 0 Å². The van der Waals surface area contributed by atoms with Crippen molar-refractivity contribution in [2.75, 3.05) is 40.8 Å². The minimum atomic E-state index is 0.828. The Kier molecular flexibility index (Phi) is 5.87. The maximum atomic E-state index is 5.45. The molecule has 0 unspecified atom stereocenters. The summed E-state index contributed by atoms with van der Waals surface area (Å²) in [5.41, 5.74) is 1.25. The molecule has 2 rings (SSSR count). The third-order valence-corrected chi connectivity index (χ3v) is 4.58. The van der Waals surface area contributed by atoms with Gasteiger partial charge in [-0.2, -0.15) is 0 Å². The van der Waals surface area contributed by atoms with Gasteiger partial charge in [0.15, 0.2) is 0 Å². The van der Waals surface area contributed by atoms with E-state index in [9.17, 15) is 0 Å². The fraction of sp³-hybridized carbons (Fsp3) is 0.625. The van der Waals surface area contributed by atoms with E-state index in [4.69, 9.17) is 4.74 Å². The Morgan fingerprint density at radius 1 is 1.35 bits per heavy atom. The molecule has 1 aromatic rings. The quantitative estimate of drug-likeness (QED) is 0.818. The van der Waals surface area contributed by atoms with Crippen LogP contribution >= 0.6 is 15.9 Å². The first-order valence-corrected chi connectivity index (χ1v) is 8.07. The molecule has 112 valence electrons. The second-order valence-electron chi connectivity index (χ2n) is 5.90. The lowest BCUT2D eigenvalue weighted by atomic mass is 9.96. The van der Waals surface area contributed by atoms with Gasteiger partial charge in [0.2, 0.25) is 0 Å². The van der Waals surface area contributed by atoms with Crippen molar-refractivity contribution in [1.29, 1.82) is 0 Å². The first-order valence-electron chi connectivity index (χ1n) is 7.28. The van der Waals surface area contributed by atoms with E-state index in [1.807, 2.05) is 12.1 Å². The van der Waals surface area contributed by atoms with Crippen LogP contribution in [0, 0.1) is 5.92 Å². The Hall–Kier alpha value is -0.580. The maximum Gasteiger partial charge on any atom is 0.123 e. The molecule has 0 aromatic heterocycles. The van der Waals surface area contributed by atoms with Crippen LogP contribution in [-0.2, 0) is 6.54 Å². The molecule has 0 spiro atoms. The van der Waals surface area contributed by atoms with Crippen LogP contribution in [0.3, 0.4) is 0 Å². The molecule has 20 heavy (non-hydrogen) atoms. The van der Waals surface area contributed by atoms with Gasteiger partial charge < -0.3 is 14.5 Å². The number of halogens is 1.